The van der Waals surface area contributed by atoms with Gasteiger partial charge >= 0.3 is 0 Å². The third kappa shape index (κ3) is 5.88. The Kier molecular flexibility index (Phi) is 7.19. The average molecular weight is 262 g/mol. The van der Waals surface area contributed by atoms with Gasteiger partial charge in [0.2, 0.25) is 5.91 Å². The quantitative estimate of drug-likeness (QED) is 0.755. The number of anilines is 1. The Morgan fingerprint density at radius 1 is 1.32 bits per heavy atom. The zero-order valence-electron chi connectivity index (χ0n) is 12.1. The smallest absolute Gasteiger partial charge is 0.224 e. The van der Waals surface area contributed by atoms with Gasteiger partial charge < -0.3 is 11.1 Å². The Bertz CT molecular complexity index is 390. The molecule has 19 heavy (non-hydrogen) atoms. The number of aryl methyl sites for hydroxylation is 1. The molecule has 3 nitrogen and oxygen atoms in total. The van der Waals surface area contributed by atoms with Crippen LogP contribution in [0.3, 0.4) is 0 Å². The van der Waals surface area contributed by atoms with Crippen molar-refractivity contribution in [3.63, 3.8) is 0 Å². The lowest BCUT2D eigenvalue weighted by molar-refractivity contribution is -0.116. The van der Waals surface area contributed by atoms with Gasteiger partial charge in [-0.05, 0) is 43.4 Å². The summed E-state index contributed by atoms with van der Waals surface area (Å²) < 4.78 is 0. The summed E-state index contributed by atoms with van der Waals surface area (Å²) in [4.78, 5) is 11.9. The fourth-order valence-corrected chi connectivity index (χ4v) is 2.15. The molecule has 0 bridgehead atoms. The summed E-state index contributed by atoms with van der Waals surface area (Å²) in [6.07, 6.45) is 4.54. The maximum atomic E-state index is 11.9. The van der Waals surface area contributed by atoms with Crippen molar-refractivity contribution in [2.45, 2.75) is 46.0 Å². The van der Waals surface area contributed by atoms with Gasteiger partial charge in [-0.3, -0.25) is 4.79 Å². The minimum absolute atomic E-state index is 0.104. The molecule has 1 aromatic carbocycles. The first kappa shape index (κ1) is 15.7. The largest absolute Gasteiger partial charge is 0.330 e. The average Bonchev–Trinajstić information content (AvgIpc) is 2.39. The Morgan fingerprint density at radius 3 is 2.74 bits per heavy atom. The van der Waals surface area contributed by atoms with Crippen molar-refractivity contribution >= 4 is 11.6 Å². The van der Waals surface area contributed by atoms with Gasteiger partial charge in [0.25, 0.3) is 0 Å². The lowest BCUT2D eigenvalue weighted by Gasteiger charge is -2.12. The normalized spacial score (nSPS) is 12.2. The molecule has 0 aliphatic rings. The molecule has 0 spiro atoms. The van der Waals surface area contributed by atoms with E-state index >= 15 is 0 Å². The number of benzene rings is 1. The Morgan fingerprint density at radius 2 is 2.05 bits per heavy atom. The molecule has 0 aliphatic heterocycles. The molecule has 0 saturated heterocycles. The highest BCUT2D eigenvalue weighted by atomic mass is 16.1. The van der Waals surface area contributed by atoms with Gasteiger partial charge in [-0.1, -0.05) is 38.5 Å². The van der Waals surface area contributed by atoms with E-state index in [4.69, 9.17) is 5.73 Å². The third-order valence-electron chi connectivity index (χ3n) is 3.33. The van der Waals surface area contributed by atoms with E-state index in [1.54, 1.807) is 0 Å². The second-order valence-corrected chi connectivity index (χ2v) is 5.18. The summed E-state index contributed by atoms with van der Waals surface area (Å²) in [7, 11) is 0. The predicted octanol–water partition coefficient (Wildman–Crippen LogP) is 3.34. The minimum Gasteiger partial charge on any atom is -0.330 e. The third-order valence-corrected chi connectivity index (χ3v) is 3.33. The standard InChI is InChI=1S/C16H26N2O/c1-3-6-14-7-4-5-8-15(14)18-16(19)10-9-13(2)11-12-17/h4-5,7-8,13H,3,6,9-12,17H2,1-2H3,(H,18,19). The van der Waals surface area contributed by atoms with Gasteiger partial charge in [-0.15, -0.1) is 0 Å². The van der Waals surface area contributed by atoms with Gasteiger partial charge in [-0.25, -0.2) is 0 Å². The van der Waals surface area contributed by atoms with E-state index in [-0.39, 0.29) is 5.91 Å². The van der Waals surface area contributed by atoms with Crippen molar-refractivity contribution in [1.82, 2.24) is 0 Å². The number of nitrogens with one attached hydrogen (secondary N) is 1. The van der Waals surface area contributed by atoms with E-state index in [9.17, 15) is 4.79 Å². The summed E-state index contributed by atoms with van der Waals surface area (Å²) in [5.74, 6) is 0.620. The number of amides is 1. The number of carbonyl (C=O) groups is 1. The van der Waals surface area contributed by atoms with Crippen LogP contribution in [0.4, 0.5) is 5.69 Å². The lowest BCUT2D eigenvalue weighted by atomic mass is 10.0. The van der Waals surface area contributed by atoms with E-state index in [2.05, 4.69) is 25.2 Å². The summed E-state index contributed by atoms with van der Waals surface area (Å²) in [6.45, 7) is 4.99. The van der Waals surface area contributed by atoms with Gasteiger partial charge in [-0.2, -0.15) is 0 Å². The lowest BCUT2D eigenvalue weighted by Crippen LogP contribution is -2.15. The zero-order chi connectivity index (χ0) is 14.1. The van der Waals surface area contributed by atoms with Gasteiger partial charge in [0.15, 0.2) is 0 Å². The van der Waals surface area contributed by atoms with Gasteiger partial charge in [0.05, 0.1) is 0 Å². The molecule has 0 radical (unpaired) electrons. The molecule has 0 aromatic heterocycles. The Hall–Kier alpha value is -1.35. The maximum absolute atomic E-state index is 11.9. The van der Waals surface area contributed by atoms with E-state index in [1.165, 1.54) is 5.56 Å². The topological polar surface area (TPSA) is 55.1 Å². The zero-order valence-corrected chi connectivity index (χ0v) is 12.1. The molecule has 1 aromatic rings. The molecule has 1 rings (SSSR count). The van der Waals surface area contributed by atoms with Crippen molar-refractivity contribution in [3.05, 3.63) is 29.8 Å². The van der Waals surface area contributed by atoms with Crippen LogP contribution in [-0.4, -0.2) is 12.5 Å². The molecular formula is C16H26N2O. The van der Waals surface area contributed by atoms with Crippen LogP contribution in [0.1, 0.15) is 45.1 Å². The molecule has 1 atom stereocenters. The highest BCUT2D eigenvalue weighted by Crippen LogP contribution is 2.18. The summed E-state index contributed by atoms with van der Waals surface area (Å²) in [5, 5.41) is 3.02. The van der Waals surface area contributed by atoms with Crippen LogP contribution in [0.25, 0.3) is 0 Å². The molecule has 0 heterocycles. The molecular weight excluding hydrogens is 236 g/mol. The number of hydrogen-bond acceptors (Lipinski definition) is 2. The SMILES string of the molecule is CCCc1ccccc1NC(=O)CCC(C)CCN. The first-order valence-electron chi connectivity index (χ1n) is 7.25. The monoisotopic (exact) mass is 262 g/mol. The van der Waals surface area contributed by atoms with Crippen LogP contribution >= 0.6 is 0 Å². The summed E-state index contributed by atoms with van der Waals surface area (Å²) in [5.41, 5.74) is 7.69. The second-order valence-electron chi connectivity index (χ2n) is 5.18. The molecule has 0 aliphatic carbocycles. The molecule has 106 valence electrons. The molecule has 1 unspecified atom stereocenters. The highest BCUT2D eigenvalue weighted by Gasteiger charge is 2.08. The van der Waals surface area contributed by atoms with Crippen molar-refractivity contribution in [2.75, 3.05) is 11.9 Å². The first-order chi connectivity index (χ1) is 9.17. The number of carbonyl (C=O) groups excluding carboxylic acids is 1. The van der Waals surface area contributed by atoms with E-state index in [1.807, 2.05) is 18.2 Å². The van der Waals surface area contributed by atoms with Crippen molar-refractivity contribution < 1.29 is 4.79 Å². The van der Waals surface area contributed by atoms with Crippen molar-refractivity contribution in [3.8, 4) is 0 Å². The predicted molar refractivity (Wildman–Crippen MR) is 81.1 cm³/mol. The van der Waals surface area contributed by atoms with Crippen LogP contribution in [0.5, 0.6) is 0 Å². The van der Waals surface area contributed by atoms with E-state index in [0.29, 0.717) is 18.9 Å². The maximum Gasteiger partial charge on any atom is 0.224 e. The molecule has 0 fully saturated rings. The Labute approximate surface area is 116 Å². The van der Waals surface area contributed by atoms with Crippen LogP contribution in [0.2, 0.25) is 0 Å². The number of nitrogens with two attached hydrogens (primary N) is 1. The number of hydrogen-bond donors (Lipinski definition) is 2. The van der Waals surface area contributed by atoms with Gasteiger partial charge in [0, 0.05) is 12.1 Å². The first-order valence-corrected chi connectivity index (χ1v) is 7.25. The van der Waals surface area contributed by atoms with Crippen LogP contribution in [0, 0.1) is 5.92 Å². The van der Waals surface area contributed by atoms with Crippen LogP contribution in [-0.2, 0) is 11.2 Å². The fraction of sp³-hybridized carbons (Fsp3) is 0.562. The highest BCUT2D eigenvalue weighted by molar-refractivity contribution is 5.91. The van der Waals surface area contributed by atoms with Crippen molar-refractivity contribution in [1.29, 1.82) is 0 Å². The van der Waals surface area contributed by atoms with Crippen molar-refractivity contribution in [2.24, 2.45) is 11.7 Å². The number of para-hydroxylation sites is 1. The van der Waals surface area contributed by atoms with E-state index in [0.717, 1.165) is 31.4 Å². The number of rotatable bonds is 8. The molecule has 0 saturated carbocycles. The van der Waals surface area contributed by atoms with Gasteiger partial charge in [0.1, 0.15) is 0 Å². The molecule has 3 heteroatoms. The second kappa shape index (κ2) is 8.70. The molecule has 3 N–H and O–H groups in total. The Balaban J connectivity index is 2.48. The minimum atomic E-state index is 0.104. The van der Waals surface area contributed by atoms with Crippen LogP contribution in [0.15, 0.2) is 24.3 Å². The van der Waals surface area contributed by atoms with E-state index < -0.39 is 0 Å². The van der Waals surface area contributed by atoms with Crippen LogP contribution < -0.4 is 11.1 Å². The summed E-state index contributed by atoms with van der Waals surface area (Å²) >= 11 is 0. The fourth-order valence-electron chi connectivity index (χ4n) is 2.15. The summed E-state index contributed by atoms with van der Waals surface area (Å²) in [6, 6.07) is 8.04. The molecule has 1 amide bonds.